The second kappa shape index (κ2) is 12.7. The molecule has 0 fully saturated rings. The highest BCUT2D eigenvalue weighted by Crippen LogP contribution is 2.27. The van der Waals surface area contributed by atoms with E-state index in [-0.39, 0.29) is 11.5 Å². The van der Waals surface area contributed by atoms with Gasteiger partial charge in [-0.3, -0.25) is 4.79 Å². The maximum Gasteiger partial charge on any atom is 0.206 e. The zero-order valence-electron chi connectivity index (χ0n) is 23.0. The molecule has 0 amide bonds. The molecule has 4 nitrogen and oxygen atoms in total. The van der Waals surface area contributed by atoms with Gasteiger partial charge in [-0.15, -0.1) is 0 Å². The van der Waals surface area contributed by atoms with Crippen LogP contribution in [0.25, 0.3) is 5.76 Å². The summed E-state index contributed by atoms with van der Waals surface area (Å²) >= 11 is 0. The molecular formula is C35H34N2O2. The van der Waals surface area contributed by atoms with Gasteiger partial charge >= 0.3 is 0 Å². The number of aromatic amines is 2. The predicted octanol–water partition coefficient (Wildman–Crippen LogP) is 7.17. The fraction of sp³-hybridized carbons (Fsp3) is 0.229. The van der Waals surface area contributed by atoms with Gasteiger partial charge in [-0.25, -0.2) is 0 Å². The summed E-state index contributed by atoms with van der Waals surface area (Å²) in [7, 11) is 0. The van der Waals surface area contributed by atoms with E-state index in [2.05, 4.69) is 47.5 Å². The predicted molar refractivity (Wildman–Crippen MR) is 159 cm³/mol. The monoisotopic (exact) mass is 514 g/mol. The second-order valence-corrected chi connectivity index (χ2v) is 9.20. The minimum atomic E-state index is -0.279. The zero-order chi connectivity index (χ0) is 27.8. The van der Waals surface area contributed by atoms with Crippen LogP contribution in [-0.2, 0) is 25.7 Å². The van der Waals surface area contributed by atoms with Crippen LogP contribution >= 0.6 is 0 Å². The van der Waals surface area contributed by atoms with Crippen LogP contribution in [0.2, 0.25) is 0 Å². The summed E-state index contributed by atoms with van der Waals surface area (Å²) in [6.45, 7) is 8.21. The topological polar surface area (TPSA) is 68.9 Å². The number of carbonyl (C=O) groups is 1. The minimum Gasteiger partial charge on any atom is -0.506 e. The molecule has 0 bridgehead atoms. The van der Waals surface area contributed by atoms with Gasteiger partial charge in [0.05, 0.1) is 22.8 Å². The van der Waals surface area contributed by atoms with Gasteiger partial charge in [-0.1, -0.05) is 75.9 Å². The van der Waals surface area contributed by atoms with Gasteiger partial charge in [0.25, 0.3) is 0 Å². The number of hydrogen-bond acceptors (Lipinski definition) is 2. The van der Waals surface area contributed by atoms with Crippen molar-refractivity contribution in [2.24, 2.45) is 0 Å². The molecule has 39 heavy (non-hydrogen) atoms. The summed E-state index contributed by atoms with van der Waals surface area (Å²) in [4.78, 5) is 20.0. The van der Waals surface area contributed by atoms with Gasteiger partial charge in [-0.2, -0.15) is 0 Å². The summed E-state index contributed by atoms with van der Waals surface area (Å²) < 4.78 is 0. The number of benzene rings is 2. The average Bonchev–Trinajstić information content (AvgIpc) is 3.53. The SMILES string of the molecule is CCc1c(C#Cc2ccccc2)[nH]c(C(=O)/C=C(\O)c2[nH]c(C#Cc3ccccc3)c(CC)c2CC)c1CC. The van der Waals surface area contributed by atoms with Crippen molar-refractivity contribution in [1.82, 2.24) is 9.97 Å². The van der Waals surface area contributed by atoms with E-state index < -0.39 is 0 Å². The normalized spacial score (nSPS) is 10.9. The van der Waals surface area contributed by atoms with Gasteiger partial charge in [0.2, 0.25) is 5.78 Å². The van der Waals surface area contributed by atoms with Crippen molar-refractivity contribution >= 4 is 11.5 Å². The van der Waals surface area contributed by atoms with Crippen LogP contribution in [0, 0.1) is 23.7 Å². The molecule has 0 spiro atoms. The van der Waals surface area contributed by atoms with E-state index in [9.17, 15) is 9.90 Å². The Morgan fingerprint density at radius 2 is 1.05 bits per heavy atom. The van der Waals surface area contributed by atoms with E-state index in [0.29, 0.717) is 24.2 Å². The smallest absolute Gasteiger partial charge is 0.206 e. The third kappa shape index (κ3) is 6.08. The van der Waals surface area contributed by atoms with Crippen molar-refractivity contribution in [3.8, 4) is 23.7 Å². The number of ketones is 1. The first-order valence-corrected chi connectivity index (χ1v) is 13.6. The fourth-order valence-electron chi connectivity index (χ4n) is 4.94. The van der Waals surface area contributed by atoms with Crippen molar-refractivity contribution in [2.75, 3.05) is 0 Å². The number of allylic oxidation sites excluding steroid dienone is 1. The van der Waals surface area contributed by atoms with Gasteiger partial charge in [0, 0.05) is 17.2 Å². The number of nitrogens with one attached hydrogen (secondary N) is 2. The van der Waals surface area contributed by atoms with E-state index >= 15 is 0 Å². The number of hydrogen-bond donors (Lipinski definition) is 3. The first kappa shape index (κ1) is 27.4. The maximum absolute atomic E-state index is 13.5. The Morgan fingerprint density at radius 3 is 1.49 bits per heavy atom. The highest BCUT2D eigenvalue weighted by molar-refractivity contribution is 6.08. The number of aromatic nitrogens is 2. The Labute approximate surface area is 231 Å². The third-order valence-corrected chi connectivity index (χ3v) is 6.83. The quantitative estimate of drug-likeness (QED) is 0.106. The van der Waals surface area contributed by atoms with Gasteiger partial charge < -0.3 is 15.1 Å². The average molecular weight is 515 g/mol. The molecule has 2 heterocycles. The third-order valence-electron chi connectivity index (χ3n) is 6.83. The number of rotatable bonds is 7. The molecule has 2 aromatic carbocycles. The summed E-state index contributed by atoms with van der Waals surface area (Å²) in [5, 5.41) is 11.2. The number of aliphatic hydroxyl groups is 1. The minimum absolute atomic E-state index is 0.0917. The zero-order valence-corrected chi connectivity index (χ0v) is 23.0. The van der Waals surface area contributed by atoms with E-state index in [1.807, 2.05) is 74.5 Å². The van der Waals surface area contributed by atoms with Crippen molar-refractivity contribution in [1.29, 1.82) is 0 Å². The molecule has 0 unspecified atom stereocenters. The van der Waals surface area contributed by atoms with Crippen molar-refractivity contribution < 1.29 is 9.90 Å². The molecule has 4 rings (SSSR count). The van der Waals surface area contributed by atoms with E-state index in [1.54, 1.807) is 0 Å². The summed E-state index contributed by atoms with van der Waals surface area (Å²) in [5.41, 5.74) is 8.37. The highest BCUT2D eigenvalue weighted by atomic mass is 16.3. The molecule has 0 atom stereocenters. The number of carbonyl (C=O) groups excluding carboxylic acids is 1. The Bertz CT molecular complexity index is 1610. The van der Waals surface area contributed by atoms with Crippen LogP contribution < -0.4 is 0 Å². The van der Waals surface area contributed by atoms with Crippen LogP contribution in [0.1, 0.15) is 88.6 Å². The van der Waals surface area contributed by atoms with Crippen molar-refractivity contribution in [3.05, 3.63) is 123 Å². The second-order valence-electron chi connectivity index (χ2n) is 9.20. The lowest BCUT2D eigenvalue weighted by Crippen LogP contribution is -2.02. The van der Waals surface area contributed by atoms with E-state index in [1.165, 1.54) is 6.08 Å². The summed E-state index contributed by atoms with van der Waals surface area (Å²) in [6, 6.07) is 19.6. The molecule has 0 radical (unpaired) electrons. The summed E-state index contributed by atoms with van der Waals surface area (Å²) in [6.07, 6.45) is 4.21. The summed E-state index contributed by atoms with van der Waals surface area (Å²) in [5.74, 6) is 12.5. The van der Waals surface area contributed by atoms with Crippen molar-refractivity contribution in [2.45, 2.75) is 53.4 Å². The molecule has 3 N–H and O–H groups in total. The lowest BCUT2D eigenvalue weighted by molar-refractivity contribution is 0.104. The molecule has 4 aromatic rings. The van der Waals surface area contributed by atoms with Crippen LogP contribution in [0.15, 0.2) is 66.7 Å². The molecule has 0 aliphatic carbocycles. The molecule has 0 aliphatic rings. The Kier molecular flexibility index (Phi) is 8.93. The Hall–Kier alpha value is -4.67. The van der Waals surface area contributed by atoms with E-state index in [4.69, 9.17) is 0 Å². The van der Waals surface area contributed by atoms with Gasteiger partial charge in [0.1, 0.15) is 5.76 Å². The molecule has 4 heteroatoms. The van der Waals surface area contributed by atoms with Crippen LogP contribution in [0.5, 0.6) is 0 Å². The maximum atomic E-state index is 13.5. The van der Waals surface area contributed by atoms with Crippen LogP contribution in [0.3, 0.4) is 0 Å². The lowest BCUT2D eigenvalue weighted by Gasteiger charge is -2.04. The molecular weight excluding hydrogens is 480 g/mol. The molecule has 0 saturated heterocycles. The van der Waals surface area contributed by atoms with Gasteiger partial charge in [0.15, 0.2) is 0 Å². The number of H-pyrrole nitrogens is 2. The fourth-order valence-corrected chi connectivity index (χ4v) is 4.94. The molecule has 196 valence electrons. The standard InChI is InChI=1S/C35H34N2O2/c1-5-26-28(7-3)34(36-30(26)21-19-24-15-11-9-12-16-24)32(38)23-33(39)35-29(8-4)27(6-2)31(37-35)22-20-25-17-13-10-14-18-25/h9-18,23,36-38H,5-8H2,1-4H3/b32-23-. The van der Waals surface area contributed by atoms with Crippen LogP contribution in [0.4, 0.5) is 0 Å². The van der Waals surface area contributed by atoms with Crippen LogP contribution in [-0.4, -0.2) is 20.9 Å². The largest absolute Gasteiger partial charge is 0.506 e. The molecule has 0 saturated carbocycles. The first-order chi connectivity index (χ1) is 19.0. The van der Waals surface area contributed by atoms with E-state index in [0.717, 1.165) is 57.6 Å². The Morgan fingerprint density at radius 1 is 0.641 bits per heavy atom. The number of aliphatic hydroxyl groups excluding tert-OH is 1. The van der Waals surface area contributed by atoms with Gasteiger partial charge in [-0.05, 0) is 84.0 Å². The first-order valence-electron chi connectivity index (χ1n) is 13.6. The molecule has 2 aromatic heterocycles. The Balaban J connectivity index is 1.71. The highest BCUT2D eigenvalue weighted by Gasteiger charge is 2.21. The van der Waals surface area contributed by atoms with Crippen molar-refractivity contribution in [3.63, 3.8) is 0 Å². The molecule has 0 aliphatic heterocycles. The lowest BCUT2D eigenvalue weighted by atomic mass is 10.0.